The zero-order chi connectivity index (χ0) is 21.8. The lowest BCUT2D eigenvalue weighted by molar-refractivity contribution is 0.0946. The summed E-state index contributed by atoms with van der Waals surface area (Å²) in [5, 5.41) is 2.93. The lowest BCUT2D eigenvalue weighted by Crippen LogP contribution is -2.23. The molecule has 0 atom stereocenters. The second kappa shape index (κ2) is 8.83. The molecule has 0 aliphatic carbocycles. The molecule has 2 aromatic carbocycles. The first-order valence-electron chi connectivity index (χ1n) is 10.1. The van der Waals surface area contributed by atoms with E-state index in [2.05, 4.69) is 10.3 Å². The Morgan fingerprint density at radius 1 is 0.968 bits per heavy atom. The van der Waals surface area contributed by atoms with Gasteiger partial charge in [-0.05, 0) is 24.1 Å². The average Bonchev–Trinajstić information content (AvgIpc) is 3.20. The van der Waals surface area contributed by atoms with Crippen LogP contribution in [0.4, 0.5) is 0 Å². The average molecular weight is 412 g/mol. The number of aryl methyl sites for hydroxylation is 2. The van der Waals surface area contributed by atoms with Gasteiger partial charge < -0.3 is 14.5 Å². The number of aromatic nitrogens is 3. The van der Waals surface area contributed by atoms with E-state index in [0.717, 1.165) is 16.7 Å². The standard InChI is InChI=1S/C25H24N4O2/c1-18-13-21(16-28(2)25(18)31)23-27-22(17-29(23)15-20-11-7-4-8-12-20)24(30)26-14-19-9-5-3-6-10-19/h3-13,16-17H,14-15H2,1-2H3,(H,26,30). The van der Waals surface area contributed by atoms with Gasteiger partial charge >= 0.3 is 0 Å². The molecule has 0 unspecified atom stereocenters. The largest absolute Gasteiger partial charge is 0.347 e. The summed E-state index contributed by atoms with van der Waals surface area (Å²) >= 11 is 0. The Balaban J connectivity index is 1.68. The number of amides is 1. The van der Waals surface area contributed by atoms with Gasteiger partial charge in [-0.2, -0.15) is 0 Å². The molecule has 6 heteroatoms. The molecular formula is C25H24N4O2. The highest BCUT2D eigenvalue weighted by Crippen LogP contribution is 2.20. The molecule has 0 spiro atoms. The number of pyridine rings is 1. The minimum Gasteiger partial charge on any atom is -0.347 e. The SMILES string of the molecule is Cc1cc(-c2nc(C(=O)NCc3ccccc3)cn2Cc2ccccc2)cn(C)c1=O. The van der Waals surface area contributed by atoms with Crippen LogP contribution in [-0.4, -0.2) is 20.0 Å². The van der Waals surface area contributed by atoms with E-state index in [1.165, 1.54) is 0 Å². The maximum absolute atomic E-state index is 12.8. The van der Waals surface area contributed by atoms with Crippen molar-refractivity contribution < 1.29 is 4.79 Å². The molecule has 0 radical (unpaired) electrons. The van der Waals surface area contributed by atoms with Crippen LogP contribution in [0, 0.1) is 6.92 Å². The molecule has 0 fully saturated rings. The van der Waals surface area contributed by atoms with Gasteiger partial charge in [0.2, 0.25) is 0 Å². The van der Waals surface area contributed by atoms with Gasteiger partial charge in [0.1, 0.15) is 11.5 Å². The molecule has 1 N–H and O–H groups in total. The number of imidazole rings is 1. The summed E-state index contributed by atoms with van der Waals surface area (Å²) in [5.74, 6) is 0.408. The number of rotatable bonds is 6. The van der Waals surface area contributed by atoms with Gasteiger partial charge in [0.05, 0.1) is 0 Å². The number of carbonyl (C=O) groups excluding carboxylic acids is 1. The van der Waals surface area contributed by atoms with E-state index in [0.29, 0.717) is 30.2 Å². The van der Waals surface area contributed by atoms with E-state index in [1.54, 1.807) is 30.9 Å². The molecule has 0 aliphatic rings. The lowest BCUT2D eigenvalue weighted by Gasteiger charge is -2.10. The summed E-state index contributed by atoms with van der Waals surface area (Å²) in [7, 11) is 1.72. The van der Waals surface area contributed by atoms with Crippen LogP contribution in [0.25, 0.3) is 11.4 Å². The van der Waals surface area contributed by atoms with E-state index in [9.17, 15) is 9.59 Å². The van der Waals surface area contributed by atoms with Crippen LogP contribution in [-0.2, 0) is 20.1 Å². The van der Waals surface area contributed by atoms with Crippen LogP contribution < -0.4 is 10.9 Å². The fourth-order valence-corrected chi connectivity index (χ4v) is 3.53. The first-order valence-corrected chi connectivity index (χ1v) is 10.1. The van der Waals surface area contributed by atoms with Gasteiger partial charge in [0.15, 0.2) is 0 Å². The second-order valence-electron chi connectivity index (χ2n) is 7.56. The Morgan fingerprint density at radius 3 is 2.26 bits per heavy atom. The third-order valence-electron chi connectivity index (χ3n) is 5.12. The Bertz CT molecular complexity index is 1230. The zero-order valence-corrected chi connectivity index (χ0v) is 17.6. The van der Waals surface area contributed by atoms with E-state index < -0.39 is 0 Å². The van der Waals surface area contributed by atoms with E-state index in [1.807, 2.05) is 71.3 Å². The molecule has 4 rings (SSSR count). The fourth-order valence-electron chi connectivity index (χ4n) is 3.53. The van der Waals surface area contributed by atoms with Gasteiger partial charge in [-0.25, -0.2) is 4.98 Å². The number of nitrogens with zero attached hydrogens (tertiary/aromatic N) is 3. The van der Waals surface area contributed by atoms with Crippen molar-refractivity contribution in [2.75, 3.05) is 0 Å². The Morgan fingerprint density at radius 2 is 1.61 bits per heavy atom. The molecule has 0 aliphatic heterocycles. The molecule has 1 amide bonds. The van der Waals surface area contributed by atoms with Crippen molar-refractivity contribution in [2.24, 2.45) is 7.05 Å². The summed E-state index contributed by atoms with van der Waals surface area (Å²) < 4.78 is 3.49. The third kappa shape index (κ3) is 4.64. The number of nitrogens with one attached hydrogen (secondary N) is 1. The summed E-state index contributed by atoms with van der Waals surface area (Å²) in [4.78, 5) is 29.6. The number of hydrogen-bond acceptors (Lipinski definition) is 3. The van der Waals surface area contributed by atoms with Gasteiger partial charge in [-0.1, -0.05) is 60.7 Å². The van der Waals surface area contributed by atoms with Gasteiger partial charge in [0, 0.05) is 43.7 Å². The van der Waals surface area contributed by atoms with Crippen molar-refractivity contribution >= 4 is 5.91 Å². The predicted octanol–water partition coefficient (Wildman–Crippen LogP) is 3.54. The van der Waals surface area contributed by atoms with Crippen molar-refractivity contribution in [2.45, 2.75) is 20.0 Å². The van der Waals surface area contributed by atoms with Crippen molar-refractivity contribution in [3.63, 3.8) is 0 Å². The molecular weight excluding hydrogens is 388 g/mol. The molecule has 0 saturated heterocycles. The van der Waals surface area contributed by atoms with Crippen molar-refractivity contribution in [3.8, 4) is 11.4 Å². The summed E-state index contributed by atoms with van der Waals surface area (Å²) in [6.45, 7) is 2.78. The van der Waals surface area contributed by atoms with Crippen LogP contribution in [0.5, 0.6) is 0 Å². The van der Waals surface area contributed by atoms with Gasteiger partial charge in [-0.3, -0.25) is 9.59 Å². The van der Waals surface area contributed by atoms with Gasteiger partial charge in [0.25, 0.3) is 11.5 Å². The van der Waals surface area contributed by atoms with E-state index >= 15 is 0 Å². The highest BCUT2D eigenvalue weighted by molar-refractivity contribution is 5.92. The first-order chi connectivity index (χ1) is 15.0. The molecule has 2 aromatic heterocycles. The Hall–Kier alpha value is -3.93. The summed E-state index contributed by atoms with van der Waals surface area (Å²) in [6.07, 6.45) is 3.52. The lowest BCUT2D eigenvalue weighted by atomic mass is 10.2. The van der Waals surface area contributed by atoms with Crippen LogP contribution in [0.15, 0.2) is 83.9 Å². The minimum absolute atomic E-state index is 0.0502. The maximum atomic E-state index is 12.8. The summed E-state index contributed by atoms with van der Waals surface area (Å²) in [6, 6.07) is 21.6. The fraction of sp³-hybridized carbons (Fsp3) is 0.160. The molecule has 31 heavy (non-hydrogen) atoms. The third-order valence-corrected chi connectivity index (χ3v) is 5.12. The highest BCUT2D eigenvalue weighted by atomic mass is 16.2. The van der Waals surface area contributed by atoms with Crippen LogP contribution >= 0.6 is 0 Å². The number of hydrogen-bond donors (Lipinski definition) is 1. The smallest absolute Gasteiger partial charge is 0.271 e. The van der Waals surface area contributed by atoms with Crippen LogP contribution in [0.2, 0.25) is 0 Å². The molecule has 6 nitrogen and oxygen atoms in total. The Kier molecular flexibility index (Phi) is 5.80. The van der Waals surface area contributed by atoms with Crippen molar-refractivity contribution in [3.05, 3.63) is 112 Å². The second-order valence-corrected chi connectivity index (χ2v) is 7.56. The normalized spacial score (nSPS) is 10.8. The van der Waals surface area contributed by atoms with Crippen molar-refractivity contribution in [1.82, 2.24) is 19.4 Å². The van der Waals surface area contributed by atoms with Crippen LogP contribution in [0.1, 0.15) is 27.2 Å². The predicted molar refractivity (Wildman–Crippen MR) is 121 cm³/mol. The monoisotopic (exact) mass is 412 g/mol. The molecule has 156 valence electrons. The number of benzene rings is 2. The molecule has 0 bridgehead atoms. The van der Waals surface area contributed by atoms with E-state index in [4.69, 9.17) is 0 Å². The molecule has 4 aromatic rings. The van der Waals surface area contributed by atoms with Crippen LogP contribution in [0.3, 0.4) is 0 Å². The first kappa shape index (κ1) is 20.3. The minimum atomic E-state index is -0.238. The summed E-state index contributed by atoms with van der Waals surface area (Å²) in [5.41, 5.74) is 3.83. The Labute approximate surface area is 180 Å². The highest BCUT2D eigenvalue weighted by Gasteiger charge is 2.17. The molecule has 0 saturated carbocycles. The molecule has 2 heterocycles. The topological polar surface area (TPSA) is 68.9 Å². The quantitative estimate of drug-likeness (QED) is 0.527. The van der Waals surface area contributed by atoms with Crippen molar-refractivity contribution in [1.29, 1.82) is 0 Å². The maximum Gasteiger partial charge on any atom is 0.271 e. The number of carbonyl (C=O) groups is 1. The van der Waals surface area contributed by atoms with E-state index in [-0.39, 0.29) is 11.5 Å². The van der Waals surface area contributed by atoms with Gasteiger partial charge in [-0.15, -0.1) is 0 Å². The zero-order valence-electron chi connectivity index (χ0n) is 17.6.